The molecule has 3 aliphatic rings. The third-order valence-electron chi connectivity index (χ3n) is 8.41. The lowest BCUT2D eigenvalue weighted by atomic mass is 9.64. The summed E-state index contributed by atoms with van der Waals surface area (Å²) in [6.45, 7) is 3.38. The minimum Gasteiger partial charge on any atom is -0.496 e. The zero-order valence-corrected chi connectivity index (χ0v) is 22.6. The number of fused-ring (bicyclic) bond motifs is 3. The summed E-state index contributed by atoms with van der Waals surface area (Å²) in [5.74, 6) is 0.456. The Kier molecular flexibility index (Phi) is 7.61. The Morgan fingerprint density at radius 2 is 1.76 bits per heavy atom. The average Bonchev–Trinajstić information content (AvgIpc) is 2.93. The van der Waals surface area contributed by atoms with E-state index in [0.717, 1.165) is 24.3 Å². The van der Waals surface area contributed by atoms with Gasteiger partial charge in [-0.2, -0.15) is 0 Å². The van der Waals surface area contributed by atoms with Crippen LogP contribution < -0.4 is 10.1 Å². The van der Waals surface area contributed by atoms with Gasteiger partial charge in [-0.25, -0.2) is 0 Å². The molecule has 3 aliphatic heterocycles. The van der Waals surface area contributed by atoms with Crippen LogP contribution in [-0.4, -0.2) is 53.5 Å². The molecule has 6 heteroatoms. The van der Waals surface area contributed by atoms with Crippen LogP contribution in [0.5, 0.6) is 5.75 Å². The molecule has 0 aliphatic carbocycles. The number of nitrogens with one attached hydrogen (secondary N) is 1. The van der Waals surface area contributed by atoms with Crippen LogP contribution in [0.1, 0.15) is 42.4 Å². The fourth-order valence-electron chi connectivity index (χ4n) is 6.58. The third-order valence-corrected chi connectivity index (χ3v) is 9.13. The highest BCUT2D eigenvalue weighted by atomic mass is 32.2. The maximum Gasteiger partial charge on any atom is 0.323 e. The second kappa shape index (κ2) is 10.9. The van der Waals surface area contributed by atoms with Crippen LogP contribution >= 0.6 is 11.8 Å². The monoisotopic (exact) mass is 516 g/mol. The van der Waals surface area contributed by atoms with Gasteiger partial charge in [0.05, 0.1) is 7.11 Å². The van der Waals surface area contributed by atoms with Gasteiger partial charge in [0, 0.05) is 35.0 Å². The van der Waals surface area contributed by atoms with Gasteiger partial charge in [-0.3, -0.25) is 9.69 Å². The molecule has 0 spiro atoms. The summed E-state index contributed by atoms with van der Waals surface area (Å²) in [5, 5.41) is 14.3. The normalized spacial score (nSPS) is 26.8. The zero-order chi connectivity index (χ0) is 26.0. The van der Waals surface area contributed by atoms with Crippen molar-refractivity contribution >= 4 is 17.7 Å². The molecule has 0 amide bonds. The molecule has 2 N–H and O–H groups in total. The number of carboxylic acid groups (broad SMARTS) is 1. The Labute approximate surface area is 224 Å². The fourth-order valence-corrected chi connectivity index (χ4v) is 7.04. The van der Waals surface area contributed by atoms with Gasteiger partial charge in [0.25, 0.3) is 0 Å². The van der Waals surface area contributed by atoms with Crippen molar-refractivity contribution in [2.75, 3.05) is 19.9 Å². The molecule has 194 valence electrons. The molecule has 6 rings (SSSR count). The molecular weight excluding hydrogens is 480 g/mol. The highest BCUT2D eigenvalue weighted by molar-refractivity contribution is 7.98. The Morgan fingerprint density at radius 3 is 2.32 bits per heavy atom. The quantitative estimate of drug-likeness (QED) is 0.359. The largest absolute Gasteiger partial charge is 0.496 e. The van der Waals surface area contributed by atoms with Gasteiger partial charge in [0.15, 0.2) is 0 Å². The number of carbonyl (C=O) groups is 1. The summed E-state index contributed by atoms with van der Waals surface area (Å²) < 4.78 is 5.69. The van der Waals surface area contributed by atoms with E-state index in [9.17, 15) is 9.90 Å². The first-order valence-corrected chi connectivity index (χ1v) is 14.2. The molecule has 2 bridgehead atoms. The number of thioether (sulfide) groups is 1. The number of aliphatic carboxylic acids is 1. The number of piperidine rings is 3. The number of hydrogen-bond donors (Lipinski definition) is 2. The van der Waals surface area contributed by atoms with Gasteiger partial charge in [-0.15, -0.1) is 11.8 Å². The zero-order valence-electron chi connectivity index (χ0n) is 21.8. The fraction of sp³-hybridized carbons (Fsp3) is 0.387. The Morgan fingerprint density at radius 1 is 1.11 bits per heavy atom. The Hall–Kier alpha value is -2.80. The van der Waals surface area contributed by atoms with Crippen molar-refractivity contribution < 1.29 is 14.6 Å². The van der Waals surface area contributed by atoms with E-state index < -0.39 is 11.5 Å². The second-order valence-corrected chi connectivity index (χ2v) is 11.3. The number of benzene rings is 3. The molecule has 3 saturated heterocycles. The molecule has 3 aromatic rings. The van der Waals surface area contributed by atoms with Gasteiger partial charge >= 0.3 is 5.97 Å². The summed E-state index contributed by atoms with van der Waals surface area (Å²) >= 11 is 1.72. The Balaban J connectivity index is 1.57. The first-order chi connectivity index (χ1) is 18.0. The van der Waals surface area contributed by atoms with Crippen molar-refractivity contribution in [1.29, 1.82) is 0 Å². The summed E-state index contributed by atoms with van der Waals surface area (Å²) in [6, 6.07) is 27.6. The number of ether oxygens (including phenoxy) is 1. The summed E-state index contributed by atoms with van der Waals surface area (Å²) in [4.78, 5) is 16.2. The SMILES string of the molecule is COc1ccc(SC)cc1CN[C@@H]1[C@@H]2CCN([C@@H]1C(c1ccccc1)c1ccccc1)[C@@](C)(C(=O)O)C2. The number of methoxy groups -OCH3 is 1. The van der Waals surface area contributed by atoms with Crippen molar-refractivity contribution in [2.45, 2.75) is 54.7 Å². The van der Waals surface area contributed by atoms with Crippen LogP contribution in [0.2, 0.25) is 0 Å². The van der Waals surface area contributed by atoms with Gasteiger partial charge in [-0.1, -0.05) is 60.7 Å². The highest BCUT2D eigenvalue weighted by Crippen LogP contribution is 2.48. The highest BCUT2D eigenvalue weighted by Gasteiger charge is 2.58. The van der Waals surface area contributed by atoms with Crippen LogP contribution in [0.3, 0.4) is 0 Å². The van der Waals surface area contributed by atoms with E-state index in [1.165, 1.54) is 16.0 Å². The molecule has 0 saturated carbocycles. The van der Waals surface area contributed by atoms with Gasteiger partial charge in [-0.05, 0) is 67.8 Å². The molecule has 5 nitrogen and oxygen atoms in total. The molecule has 3 fully saturated rings. The van der Waals surface area contributed by atoms with Crippen molar-refractivity contribution in [3.63, 3.8) is 0 Å². The first kappa shape index (κ1) is 25.8. The van der Waals surface area contributed by atoms with Crippen LogP contribution in [0.4, 0.5) is 0 Å². The molecule has 1 unspecified atom stereocenters. The predicted octanol–water partition coefficient (Wildman–Crippen LogP) is 5.64. The number of hydrogen-bond acceptors (Lipinski definition) is 5. The molecule has 3 heterocycles. The third kappa shape index (κ3) is 4.90. The van der Waals surface area contributed by atoms with Crippen molar-refractivity contribution in [1.82, 2.24) is 10.2 Å². The second-order valence-electron chi connectivity index (χ2n) is 10.4. The smallest absolute Gasteiger partial charge is 0.323 e. The van der Waals surface area contributed by atoms with E-state index in [-0.39, 0.29) is 23.9 Å². The molecule has 0 aromatic heterocycles. The van der Waals surface area contributed by atoms with Crippen LogP contribution in [0.25, 0.3) is 0 Å². The van der Waals surface area contributed by atoms with Crippen LogP contribution in [0, 0.1) is 5.92 Å². The maximum atomic E-state index is 12.7. The van der Waals surface area contributed by atoms with E-state index in [1.807, 2.05) is 25.1 Å². The van der Waals surface area contributed by atoms with Crippen molar-refractivity contribution in [3.8, 4) is 5.75 Å². The Bertz CT molecular complexity index is 1180. The first-order valence-electron chi connectivity index (χ1n) is 13.0. The summed E-state index contributed by atoms with van der Waals surface area (Å²) in [6.07, 6.45) is 3.73. The molecular formula is C31H36N2O3S. The lowest BCUT2D eigenvalue weighted by molar-refractivity contribution is -0.167. The van der Waals surface area contributed by atoms with E-state index in [2.05, 4.69) is 77.1 Å². The van der Waals surface area contributed by atoms with E-state index in [1.54, 1.807) is 18.9 Å². The minimum atomic E-state index is -0.885. The average molecular weight is 517 g/mol. The van der Waals surface area contributed by atoms with Gasteiger partial charge in [0.1, 0.15) is 11.3 Å². The maximum absolute atomic E-state index is 12.7. The molecule has 0 radical (unpaired) electrons. The molecule has 5 atom stereocenters. The standard InChI is InChI=1S/C31H36N2O3S/c1-31(30(34)35)19-23-16-17-33(31)29(27(21-10-6-4-7-11-21)22-12-8-5-9-13-22)28(23)32-20-24-18-25(37-3)14-15-26(24)36-2/h4-15,18,23,27-29,32H,16-17,19-20H2,1-3H3,(H,34,35)/t23-,28-,29-,31-/m1/s1. The van der Waals surface area contributed by atoms with Crippen molar-refractivity contribution in [2.24, 2.45) is 5.92 Å². The summed E-state index contributed by atoms with van der Waals surface area (Å²) in [5.41, 5.74) is 2.67. The van der Waals surface area contributed by atoms with Crippen LogP contribution in [-0.2, 0) is 11.3 Å². The molecule has 3 aromatic carbocycles. The van der Waals surface area contributed by atoms with E-state index in [0.29, 0.717) is 13.0 Å². The van der Waals surface area contributed by atoms with E-state index >= 15 is 0 Å². The number of nitrogens with zero attached hydrogens (tertiary/aromatic N) is 1. The number of rotatable bonds is 9. The minimum absolute atomic E-state index is 0.00636. The lowest BCUT2D eigenvalue weighted by Gasteiger charge is -2.60. The van der Waals surface area contributed by atoms with Crippen molar-refractivity contribution in [3.05, 3.63) is 95.6 Å². The summed E-state index contributed by atoms with van der Waals surface area (Å²) in [7, 11) is 1.72. The van der Waals surface area contributed by atoms with Gasteiger partial charge in [0.2, 0.25) is 0 Å². The topological polar surface area (TPSA) is 61.8 Å². The lowest BCUT2D eigenvalue weighted by Crippen LogP contribution is -2.73. The molecule has 37 heavy (non-hydrogen) atoms. The predicted molar refractivity (Wildman–Crippen MR) is 149 cm³/mol. The number of carboxylic acids is 1. The van der Waals surface area contributed by atoms with E-state index in [4.69, 9.17) is 4.74 Å². The van der Waals surface area contributed by atoms with Gasteiger partial charge < -0.3 is 15.2 Å². The van der Waals surface area contributed by atoms with Crippen LogP contribution in [0.15, 0.2) is 83.8 Å².